The van der Waals surface area contributed by atoms with Crippen molar-refractivity contribution in [1.82, 2.24) is 25.8 Å². The van der Waals surface area contributed by atoms with E-state index in [1.54, 1.807) is 6.07 Å². The monoisotopic (exact) mass is 903 g/mol. The summed E-state index contributed by atoms with van der Waals surface area (Å²) >= 11 is 0. The number of amides is 9. The molecule has 20 heteroatoms. The van der Waals surface area contributed by atoms with E-state index in [4.69, 9.17) is 19.3 Å². The number of aliphatic hydroxyl groups is 1. The third-order valence-corrected chi connectivity index (χ3v) is 11.0. The second-order valence-corrected chi connectivity index (χ2v) is 18.7. The number of ether oxygens (including phenoxy) is 3. The lowest BCUT2D eigenvalue weighted by atomic mass is 9.80. The normalized spacial score (nSPS) is 24.7. The first kappa shape index (κ1) is 47.8. The molecule has 4 aliphatic heterocycles. The highest BCUT2D eigenvalue weighted by Gasteiger charge is 2.46. The average molecular weight is 904 g/mol. The summed E-state index contributed by atoms with van der Waals surface area (Å²) in [6.45, 7) is 11.0. The summed E-state index contributed by atoms with van der Waals surface area (Å²) in [5.74, 6) is -4.16. The Morgan fingerprint density at radius 2 is 1.15 bits per heavy atom. The zero-order valence-electron chi connectivity index (χ0n) is 36.9. The fourth-order valence-electron chi connectivity index (χ4n) is 7.91. The van der Waals surface area contributed by atoms with Gasteiger partial charge in [0.1, 0.15) is 34.8 Å². The number of nitrogens with zero attached hydrogens (tertiary/aromatic N) is 2. The molecule has 0 bridgehead atoms. The van der Waals surface area contributed by atoms with Crippen molar-refractivity contribution in [2.75, 3.05) is 0 Å². The van der Waals surface area contributed by atoms with Crippen LogP contribution in [0.1, 0.15) is 141 Å². The van der Waals surface area contributed by atoms with Crippen LogP contribution in [0.15, 0.2) is 36.4 Å². The van der Waals surface area contributed by atoms with E-state index < -0.39 is 76.6 Å². The summed E-state index contributed by atoms with van der Waals surface area (Å²) in [6, 6.07) is 6.61. The SMILES string of the molecule is CC(C)(C)OC(=O)CC1CC(Oc2ccc3c(c2)C(=O)N(C2CCC(=O)NC2=O)C3=O)C1.CC(C)(C)OC(=O)NC1CC(O)C1.O=C1CCC(N2C(=O)c3ccc(O)cc3C2=O)C(=O)N1. The molecule has 2 saturated heterocycles. The lowest BCUT2D eigenvalue weighted by molar-refractivity contribution is -0.157. The number of aromatic hydroxyl groups is 1. The fraction of sp³-hybridized carbons (Fsp3) is 0.511. The summed E-state index contributed by atoms with van der Waals surface area (Å²) in [5, 5.41) is 25.3. The molecular formula is C45H53N5O15. The maximum Gasteiger partial charge on any atom is 0.407 e. The number of piperidine rings is 2. The predicted octanol–water partition coefficient (Wildman–Crippen LogP) is 2.80. The quantitative estimate of drug-likeness (QED) is 0.197. The minimum absolute atomic E-state index is 0.0692. The van der Waals surface area contributed by atoms with Crippen molar-refractivity contribution >= 4 is 59.3 Å². The van der Waals surface area contributed by atoms with E-state index in [0.717, 1.165) is 9.80 Å². The van der Waals surface area contributed by atoms with E-state index in [-0.39, 0.29) is 83.8 Å². The number of carbonyl (C=O) groups is 10. The Morgan fingerprint density at radius 3 is 1.63 bits per heavy atom. The summed E-state index contributed by atoms with van der Waals surface area (Å²) in [7, 11) is 0. The number of benzene rings is 2. The highest BCUT2D eigenvalue weighted by atomic mass is 16.6. The van der Waals surface area contributed by atoms with Crippen LogP contribution >= 0.6 is 0 Å². The Morgan fingerprint density at radius 1 is 0.677 bits per heavy atom. The largest absolute Gasteiger partial charge is 0.508 e. The number of alkyl carbamates (subject to hydrolysis) is 1. The molecule has 2 aromatic rings. The minimum Gasteiger partial charge on any atom is -0.508 e. The molecule has 2 saturated carbocycles. The number of rotatable bonds is 7. The Kier molecular flexibility index (Phi) is 13.8. The number of phenols is 1. The van der Waals surface area contributed by atoms with E-state index in [1.165, 1.54) is 30.3 Å². The lowest BCUT2D eigenvalue weighted by Gasteiger charge is -2.35. The van der Waals surface area contributed by atoms with Gasteiger partial charge in [-0.15, -0.1) is 0 Å². The predicted molar refractivity (Wildman–Crippen MR) is 224 cm³/mol. The lowest BCUT2D eigenvalue weighted by Crippen LogP contribution is -2.54. The van der Waals surface area contributed by atoms with Gasteiger partial charge in [-0.3, -0.25) is 63.6 Å². The van der Waals surface area contributed by atoms with Crippen LogP contribution in [-0.2, 0) is 33.4 Å². The van der Waals surface area contributed by atoms with Gasteiger partial charge in [0.2, 0.25) is 23.6 Å². The number of hydrogen-bond donors (Lipinski definition) is 5. The first-order chi connectivity index (χ1) is 30.4. The second-order valence-electron chi connectivity index (χ2n) is 18.7. The molecule has 0 spiro atoms. The molecular weight excluding hydrogens is 851 g/mol. The number of fused-ring (bicyclic) bond motifs is 2. The first-order valence-corrected chi connectivity index (χ1v) is 21.3. The van der Waals surface area contributed by atoms with Crippen LogP contribution in [0, 0.1) is 5.92 Å². The molecule has 2 aromatic carbocycles. The standard InChI is InChI=1S/C23H26N2O7.C13H10N2O5.C9H17NO3/c1-23(2,3)32-19(27)10-12-8-14(9-12)31-13-4-5-15-16(11-13)22(30)25(21(15)29)17-6-7-18(26)24-20(17)28;16-6-1-2-7-8(5-6)13(20)15(12(7)19)9-3-4-10(17)14-11(9)18;1-9(2,3)13-8(12)10-6-4-7(11)5-6/h4-5,11-12,14,17H,6-10H2,1-3H3,(H,24,26,28);1-2,5,9,16H,3-4H2,(H,14,17,18);6-7,11H,4-5H2,1-3H3,(H,10,12). The molecule has 4 heterocycles. The zero-order chi connectivity index (χ0) is 47.7. The van der Waals surface area contributed by atoms with Gasteiger partial charge in [-0.25, -0.2) is 4.79 Å². The van der Waals surface area contributed by atoms with Crippen LogP contribution in [0.2, 0.25) is 0 Å². The smallest absolute Gasteiger partial charge is 0.407 e. The number of carbonyl (C=O) groups excluding carboxylic acids is 10. The molecule has 8 rings (SSSR count). The number of nitrogens with one attached hydrogen (secondary N) is 3. The Balaban J connectivity index is 0.000000180. The third-order valence-electron chi connectivity index (χ3n) is 11.0. The van der Waals surface area contributed by atoms with Gasteiger partial charge in [0, 0.05) is 25.3 Å². The third kappa shape index (κ3) is 11.5. The fourth-order valence-corrected chi connectivity index (χ4v) is 7.91. The number of aliphatic hydroxyl groups excluding tert-OH is 1. The van der Waals surface area contributed by atoms with Gasteiger partial charge in [0.05, 0.1) is 34.5 Å². The molecule has 4 fully saturated rings. The summed E-state index contributed by atoms with van der Waals surface area (Å²) in [5.41, 5.74) is -0.346. The van der Waals surface area contributed by atoms with E-state index in [0.29, 0.717) is 37.9 Å². The minimum atomic E-state index is -0.996. The topological polar surface area (TPSA) is 281 Å². The highest BCUT2D eigenvalue weighted by molar-refractivity contribution is 6.24. The van der Waals surface area contributed by atoms with Crippen molar-refractivity contribution in [3.63, 3.8) is 0 Å². The van der Waals surface area contributed by atoms with Crippen LogP contribution in [0.25, 0.3) is 0 Å². The summed E-state index contributed by atoms with van der Waals surface area (Å²) in [4.78, 5) is 121. The maximum absolute atomic E-state index is 12.9. The zero-order valence-corrected chi connectivity index (χ0v) is 36.9. The van der Waals surface area contributed by atoms with Crippen LogP contribution in [0.3, 0.4) is 0 Å². The first-order valence-electron chi connectivity index (χ1n) is 21.3. The molecule has 2 aliphatic carbocycles. The Hall–Kier alpha value is -6.70. The number of esters is 1. The van der Waals surface area contributed by atoms with E-state index >= 15 is 0 Å². The molecule has 2 unspecified atom stereocenters. The molecule has 6 aliphatic rings. The molecule has 5 N–H and O–H groups in total. The van der Waals surface area contributed by atoms with E-state index in [2.05, 4.69) is 16.0 Å². The van der Waals surface area contributed by atoms with Gasteiger partial charge in [-0.05, 0) is 122 Å². The molecule has 0 radical (unpaired) electrons. The maximum atomic E-state index is 12.9. The van der Waals surface area contributed by atoms with Crippen molar-refractivity contribution in [2.45, 2.75) is 141 Å². The van der Waals surface area contributed by atoms with Gasteiger partial charge in [-0.2, -0.15) is 0 Å². The highest BCUT2D eigenvalue weighted by Crippen LogP contribution is 2.37. The number of hydrogen-bond acceptors (Lipinski definition) is 15. The van der Waals surface area contributed by atoms with Gasteiger partial charge in [0.15, 0.2) is 0 Å². The van der Waals surface area contributed by atoms with Crippen LogP contribution < -0.4 is 20.7 Å². The number of phenolic OH excluding ortho intramolecular Hbond substituents is 1. The Labute approximate surface area is 373 Å². The van der Waals surface area contributed by atoms with E-state index in [9.17, 15) is 53.1 Å². The van der Waals surface area contributed by atoms with Crippen molar-refractivity contribution in [3.8, 4) is 11.5 Å². The van der Waals surface area contributed by atoms with Crippen molar-refractivity contribution < 1.29 is 72.4 Å². The van der Waals surface area contributed by atoms with Gasteiger partial charge in [0.25, 0.3) is 23.6 Å². The van der Waals surface area contributed by atoms with Crippen molar-refractivity contribution in [3.05, 3.63) is 58.7 Å². The van der Waals surface area contributed by atoms with Gasteiger partial charge in [-0.1, -0.05) is 0 Å². The molecule has 20 nitrogen and oxygen atoms in total. The summed E-state index contributed by atoms with van der Waals surface area (Å²) in [6.07, 6.45) is 2.66. The summed E-state index contributed by atoms with van der Waals surface area (Å²) < 4.78 is 16.3. The van der Waals surface area contributed by atoms with Crippen molar-refractivity contribution in [2.24, 2.45) is 5.92 Å². The molecule has 0 aromatic heterocycles. The second kappa shape index (κ2) is 18.8. The molecule has 65 heavy (non-hydrogen) atoms. The average Bonchev–Trinajstić information content (AvgIpc) is 3.55. The number of imide groups is 4. The molecule has 2 atom stereocenters. The van der Waals surface area contributed by atoms with Gasteiger partial charge < -0.3 is 29.7 Å². The van der Waals surface area contributed by atoms with Crippen molar-refractivity contribution in [1.29, 1.82) is 0 Å². The van der Waals surface area contributed by atoms with Crippen LogP contribution in [0.5, 0.6) is 11.5 Å². The van der Waals surface area contributed by atoms with Crippen LogP contribution in [-0.4, -0.2) is 121 Å². The molecule has 9 amide bonds. The Bertz CT molecular complexity index is 2320. The molecule has 348 valence electrons. The van der Waals surface area contributed by atoms with Gasteiger partial charge >= 0.3 is 12.1 Å². The van der Waals surface area contributed by atoms with E-state index in [1.807, 2.05) is 41.5 Å². The van der Waals surface area contributed by atoms with Crippen LogP contribution in [0.4, 0.5) is 4.79 Å².